The van der Waals surface area contributed by atoms with Crippen LogP contribution in [-0.2, 0) is 14.3 Å². The zero-order chi connectivity index (χ0) is 24.2. The first kappa shape index (κ1) is 23.8. The Hall–Kier alpha value is -3.35. The number of nitrogens with zero attached hydrogens (tertiary/aromatic N) is 1. The van der Waals surface area contributed by atoms with Crippen LogP contribution >= 0.6 is 0 Å². The maximum Gasteiger partial charge on any atom is 0.407 e. The zero-order valence-corrected chi connectivity index (χ0v) is 19.7. The summed E-state index contributed by atoms with van der Waals surface area (Å²) in [6, 6.07) is 15.5. The Bertz CT molecular complexity index is 1020. The Labute approximate surface area is 200 Å². The lowest BCUT2D eigenvalue weighted by Gasteiger charge is -2.34. The van der Waals surface area contributed by atoms with E-state index in [4.69, 9.17) is 4.74 Å². The standard InChI is InChI=1S/C27H32N2O5/c1-17(26(31)32)29(2)25(30)19-10-4-3-9-18(19)15-28-27(33)34-16-24-22-13-7-5-11-20(22)21-12-6-8-14-23(21)24/h5-8,11-14,17-19,24H,3-4,9-10,15-16H2,1-2H3,(H,28,33)(H,31,32). The fourth-order valence-electron chi connectivity index (χ4n) is 5.26. The van der Waals surface area contributed by atoms with Crippen molar-refractivity contribution >= 4 is 18.0 Å². The van der Waals surface area contributed by atoms with Crippen LogP contribution in [0, 0.1) is 11.8 Å². The number of amides is 2. The first-order chi connectivity index (χ1) is 16.4. The summed E-state index contributed by atoms with van der Waals surface area (Å²) in [7, 11) is 1.53. The van der Waals surface area contributed by atoms with E-state index in [0.717, 1.165) is 30.4 Å². The topological polar surface area (TPSA) is 95.9 Å². The number of alkyl carbamates (subject to hydrolysis) is 1. The molecule has 2 aromatic carbocycles. The molecule has 0 spiro atoms. The summed E-state index contributed by atoms with van der Waals surface area (Å²) >= 11 is 0. The molecule has 4 rings (SSSR count). The number of carboxylic acid groups (broad SMARTS) is 1. The quantitative estimate of drug-likeness (QED) is 0.638. The maximum absolute atomic E-state index is 13.0. The normalized spacial score (nSPS) is 20.1. The molecule has 0 saturated heterocycles. The molecule has 7 nitrogen and oxygen atoms in total. The van der Waals surface area contributed by atoms with E-state index in [2.05, 4.69) is 29.6 Å². The first-order valence-electron chi connectivity index (χ1n) is 12.0. The highest BCUT2D eigenvalue weighted by atomic mass is 16.5. The number of carbonyl (C=O) groups excluding carboxylic acids is 2. The molecule has 180 valence electrons. The van der Waals surface area contributed by atoms with Crippen molar-refractivity contribution in [1.29, 1.82) is 0 Å². The molecule has 3 unspecified atom stereocenters. The molecule has 0 aromatic heterocycles. The molecule has 2 aromatic rings. The van der Waals surface area contributed by atoms with Gasteiger partial charge in [0, 0.05) is 25.4 Å². The van der Waals surface area contributed by atoms with E-state index in [0.29, 0.717) is 13.0 Å². The molecule has 3 atom stereocenters. The van der Waals surface area contributed by atoms with Gasteiger partial charge in [-0.1, -0.05) is 61.4 Å². The molecule has 34 heavy (non-hydrogen) atoms. The highest BCUT2D eigenvalue weighted by Crippen LogP contribution is 2.44. The summed E-state index contributed by atoms with van der Waals surface area (Å²) in [6.07, 6.45) is 2.93. The number of likely N-dealkylation sites (N-methyl/N-ethyl adjacent to an activating group) is 1. The number of benzene rings is 2. The fourth-order valence-corrected chi connectivity index (χ4v) is 5.26. The highest BCUT2D eigenvalue weighted by Gasteiger charge is 2.35. The average Bonchev–Trinajstić information content (AvgIpc) is 3.18. The second-order valence-corrected chi connectivity index (χ2v) is 9.32. The number of hydrogen-bond donors (Lipinski definition) is 2. The summed E-state index contributed by atoms with van der Waals surface area (Å²) in [5, 5.41) is 12.1. The molecular weight excluding hydrogens is 432 g/mol. The van der Waals surface area contributed by atoms with Gasteiger partial charge in [-0.15, -0.1) is 0 Å². The lowest BCUT2D eigenvalue weighted by atomic mass is 9.78. The van der Waals surface area contributed by atoms with Crippen molar-refractivity contribution in [2.45, 2.75) is 44.6 Å². The largest absolute Gasteiger partial charge is 0.480 e. The summed E-state index contributed by atoms with van der Waals surface area (Å²) in [5.74, 6) is -1.54. The van der Waals surface area contributed by atoms with E-state index < -0.39 is 18.1 Å². The number of fused-ring (bicyclic) bond motifs is 3. The van der Waals surface area contributed by atoms with Crippen LogP contribution in [0.25, 0.3) is 11.1 Å². The zero-order valence-electron chi connectivity index (χ0n) is 19.7. The van der Waals surface area contributed by atoms with Gasteiger partial charge in [0.05, 0.1) is 0 Å². The summed E-state index contributed by atoms with van der Waals surface area (Å²) < 4.78 is 5.62. The Morgan fingerprint density at radius 3 is 2.24 bits per heavy atom. The van der Waals surface area contributed by atoms with Crippen LogP contribution in [0.1, 0.15) is 49.7 Å². The van der Waals surface area contributed by atoms with Crippen LogP contribution in [-0.4, -0.2) is 54.2 Å². The second-order valence-electron chi connectivity index (χ2n) is 9.32. The van der Waals surface area contributed by atoms with E-state index in [1.54, 1.807) is 0 Å². The first-order valence-corrected chi connectivity index (χ1v) is 12.0. The minimum Gasteiger partial charge on any atom is -0.480 e. The number of carbonyl (C=O) groups is 3. The van der Waals surface area contributed by atoms with Crippen LogP contribution in [0.4, 0.5) is 4.79 Å². The minimum atomic E-state index is -1.03. The Balaban J connectivity index is 1.35. The molecule has 2 aliphatic carbocycles. The van der Waals surface area contributed by atoms with Crippen LogP contribution in [0.15, 0.2) is 48.5 Å². The molecule has 0 aliphatic heterocycles. The molecule has 7 heteroatoms. The molecule has 1 fully saturated rings. The lowest BCUT2D eigenvalue weighted by Crippen LogP contribution is -2.47. The van der Waals surface area contributed by atoms with Gasteiger partial charge < -0.3 is 20.1 Å². The van der Waals surface area contributed by atoms with Crippen molar-refractivity contribution in [3.8, 4) is 11.1 Å². The van der Waals surface area contributed by atoms with Crippen LogP contribution in [0.3, 0.4) is 0 Å². The average molecular weight is 465 g/mol. The van der Waals surface area contributed by atoms with Gasteiger partial charge in [-0.25, -0.2) is 9.59 Å². The van der Waals surface area contributed by atoms with E-state index in [1.807, 2.05) is 24.3 Å². The van der Waals surface area contributed by atoms with Gasteiger partial charge in [-0.3, -0.25) is 4.79 Å². The minimum absolute atomic E-state index is 0.00619. The van der Waals surface area contributed by atoms with Crippen molar-refractivity contribution in [3.05, 3.63) is 59.7 Å². The number of nitrogens with one attached hydrogen (secondary N) is 1. The molecule has 2 N–H and O–H groups in total. The Kier molecular flexibility index (Phi) is 7.20. The van der Waals surface area contributed by atoms with Crippen LogP contribution < -0.4 is 5.32 Å². The third-order valence-corrected chi connectivity index (χ3v) is 7.36. The van der Waals surface area contributed by atoms with Crippen molar-refractivity contribution in [1.82, 2.24) is 10.2 Å². The van der Waals surface area contributed by atoms with Gasteiger partial charge in [0.25, 0.3) is 0 Å². The number of hydrogen-bond acceptors (Lipinski definition) is 4. The van der Waals surface area contributed by atoms with Gasteiger partial charge in [0.1, 0.15) is 12.6 Å². The molecule has 1 saturated carbocycles. The van der Waals surface area contributed by atoms with E-state index in [1.165, 1.54) is 30.0 Å². The van der Waals surface area contributed by atoms with Crippen LogP contribution in [0.5, 0.6) is 0 Å². The van der Waals surface area contributed by atoms with Crippen molar-refractivity contribution in [2.24, 2.45) is 11.8 Å². The second kappa shape index (κ2) is 10.3. The van der Waals surface area contributed by atoms with Crippen molar-refractivity contribution in [2.75, 3.05) is 20.2 Å². The summed E-state index contributed by atoms with van der Waals surface area (Å²) in [6.45, 7) is 2.08. The summed E-state index contributed by atoms with van der Waals surface area (Å²) in [4.78, 5) is 38.1. The highest BCUT2D eigenvalue weighted by molar-refractivity contribution is 5.85. The van der Waals surface area contributed by atoms with Gasteiger partial charge in [-0.05, 0) is 47.9 Å². The van der Waals surface area contributed by atoms with E-state index >= 15 is 0 Å². The third kappa shape index (κ3) is 4.79. The summed E-state index contributed by atoms with van der Waals surface area (Å²) in [5.41, 5.74) is 4.67. The number of carboxylic acids is 1. The third-order valence-electron chi connectivity index (χ3n) is 7.36. The molecule has 2 aliphatic rings. The smallest absolute Gasteiger partial charge is 0.407 e. The predicted molar refractivity (Wildman–Crippen MR) is 128 cm³/mol. The SMILES string of the molecule is CC(C(=O)O)N(C)C(=O)C1CCCCC1CNC(=O)OCC1c2ccccc2-c2ccccc21. The number of rotatable bonds is 7. The molecular formula is C27H32N2O5. The van der Waals surface area contributed by atoms with Gasteiger partial charge >= 0.3 is 12.1 Å². The molecule has 0 heterocycles. The van der Waals surface area contributed by atoms with Crippen molar-refractivity contribution in [3.63, 3.8) is 0 Å². The van der Waals surface area contributed by atoms with Gasteiger partial charge in [-0.2, -0.15) is 0 Å². The predicted octanol–water partition coefficient (Wildman–Crippen LogP) is 4.26. The number of aliphatic carboxylic acids is 1. The Morgan fingerprint density at radius 2 is 1.62 bits per heavy atom. The van der Waals surface area contributed by atoms with Crippen LogP contribution in [0.2, 0.25) is 0 Å². The van der Waals surface area contributed by atoms with Gasteiger partial charge in [0.2, 0.25) is 5.91 Å². The number of ether oxygens (including phenoxy) is 1. The van der Waals surface area contributed by atoms with Gasteiger partial charge in [0.15, 0.2) is 0 Å². The lowest BCUT2D eigenvalue weighted by molar-refractivity contribution is -0.151. The maximum atomic E-state index is 13.0. The Morgan fingerprint density at radius 1 is 1.03 bits per heavy atom. The van der Waals surface area contributed by atoms with Crippen molar-refractivity contribution < 1.29 is 24.2 Å². The molecule has 0 radical (unpaired) electrons. The van der Waals surface area contributed by atoms with E-state index in [9.17, 15) is 19.5 Å². The molecule has 0 bridgehead atoms. The fraction of sp³-hybridized carbons (Fsp3) is 0.444. The molecule has 2 amide bonds. The monoisotopic (exact) mass is 464 g/mol. The van der Waals surface area contributed by atoms with E-state index in [-0.39, 0.29) is 30.3 Å².